The summed E-state index contributed by atoms with van der Waals surface area (Å²) in [4.78, 5) is 0. The summed E-state index contributed by atoms with van der Waals surface area (Å²) in [5.74, 6) is -1.09. The van der Waals surface area contributed by atoms with Crippen LogP contribution in [0.3, 0.4) is 0 Å². The van der Waals surface area contributed by atoms with Gasteiger partial charge in [0, 0.05) is 12.1 Å². The molecule has 1 atom stereocenters. The van der Waals surface area contributed by atoms with Crippen LogP contribution in [0, 0.1) is 11.6 Å². The molecular weight excluding hydrogens is 352 g/mol. The molecule has 0 saturated carbocycles. The topological polar surface area (TPSA) is 35.2 Å². The first-order chi connectivity index (χ1) is 9.38. The fourth-order valence-electron chi connectivity index (χ4n) is 1.58. The van der Waals surface area contributed by atoms with Crippen LogP contribution in [-0.2, 0) is 0 Å². The predicted molar refractivity (Wildman–Crippen MR) is 78.2 cm³/mol. The monoisotopic (exact) mass is 361 g/mol. The summed E-state index contributed by atoms with van der Waals surface area (Å²) >= 11 is 8.81. The molecule has 2 aromatic rings. The Labute approximate surface area is 128 Å². The summed E-state index contributed by atoms with van der Waals surface area (Å²) in [6.07, 6.45) is 0. The van der Waals surface area contributed by atoms with Gasteiger partial charge in [0.05, 0.1) is 9.50 Å². The van der Waals surface area contributed by atoms with Crippen molar-refractivity contribution in [3.8, 4) is 11.5 Å². The number of hydrogen-bond acceptors (Lipinski definition) is 2. The maximum absolute atomic E-state index is 13.9. The SMILES string of the molecule is C[C@H](N)c1ccc(Oc2cc(F)c(Cl)cc2Br)c(F)c1. The Morgan fingerprint density at radius 3 is 2.45 bits per heavy atom. The van der Waals surface area contributed by atoms with E-state index >= 15 is 0 Å². The van der Waals surface area contributed by atoms with Crippen molar-refractivity contribution >= 4 is 27.5 Å². The molecule has 0 aromatic heterocycles. The normalized spacial score (nSPS) is 12.3. The van der Waals surface area contributed by atoms with Crippen molar-refractivity contribution < 1.29 is 13.5 Å². The van der Waals surface area contributed by atoms with E-state index in [1.54, 1.807) is 13.0 Å². The molecule has 6 heteroatoms. The lowest BCUT2D eigenvalue weighted by molar-refractivity contribution is 0.435. The van der Waals surface area contributed by atoms with Gasteiger partial charge in [-0.25, -0.2) is 8.78 Å². The molecular formula is C14H11BrClF2NO. The van der Waals surface area contributed by atoms with Gasteiger partial charge >= 0.3 is 0 Å². The van der Waals surface area contributed by atoms with Crippen molar-refractivity contribution in [2.75, 3.05) is 0 Å². The third-order valence-corrected chi connectivity index (χ3v) is 3.59. The molecule has 2 nitrogen and oxygen atoms in total. The lowest BCUT2D eigenvalue weighted by Gasteiger charge is -2.11. The summed E-state index contributed by atoms with van der Waals surface area (Å²) < 4.78 is 33.1. The van der Waals surface area contributed by atoms with E-state index in [4.69, 9.17) is 22.1 Å². The Morgan fingerprint density at radius 1 is 1.15 bits per heavy atom. The number of benzene rings is 2. The standard InChI is InChI=1S/C14H11BrClF2NO/c1-7(19)8-2-3-13(12(18)4-8)20-14-6-11(17)10(16)5-9(14)15/h2-7H,19H2,1H3/t7-/m0/s1. The molecule has 2 aromatic carbocycles. The van der Waals surface area contributed by atoms with E-state index in [1.165, 1.54) is 18.2 Å². The summed E-state index contributed by atoms with van der Waals surface area (Å²) in [5, 5.41) is -0.0444. The minimum atomic E-state index is -0.641. The number of halogens is 4. The molecule has 2 rings (SSSR count). The molecule has 0 fully saturated rings. The molecule has 0 spiro atoms. The van der Waals surface area contributed by atoms with Gasteiger partial charge in [-0.3, -0.25) is 0 Å². The highest BCUT2D eigenvalue weighted by Gasteiger charge is 2.12. The van der Waals surface area contributed by atoms with Gasteiger partial charge in [-0.05, 0) is 46.6 Å². The first-order valence-electron chi connectivity index (χ1n) is 5.76. The average molecular weight is 363 g/mol. The highest BCUT2D eigenvalue weighted by molar-refractivity contribution is 9.10. The van der Waals surface area contributed by atoms with Crippen molar-refractivity contribution in [2.24, 2.45) is 5.73 Å². The van der Waals surface area contributed by atoms with E-state index in [0.717, 1.165) is 6.07 Å². The van der Waals surface area contributed by atoms with Crippen LogP contribution >= 0.6 is 27.5 Å². The molecule has 0 heterocycles. The maximum atomic E-state index is 13.9. The zero-order valence-electron chi connectivity index (χ0n) is 10.5. The van der Waals surface area contributed by atoms with Crippen LogP contribution in [-0.4, -0.2) is 0 Å². The van der Waals surface area contributed by atoms with Gasteiger partial charge < -0.3 is 10.5 Å². The van der Waals surface area contributed by atoms with Gasteiger partial charge in [-0.15, -0.1) is 0 Å². The van der Waals surface area contributed by atoms with Crippen LogP contribution in [0.2, 0.25) is 5.02 Å². The van der Waals surface area contributed by atoms with E-state index in [0.29, 0.717) is 10.0 Å². The number of ether oxygens (including phenoxy) is 1. The Kier molecular flexibility index (Phi) is 4.62. The number of hydrogen-bond donors (Lipinski definition) is 1. The van der Waals surface area contributed by atoms with Crippen molar-refractivity contribution in [1.82, 2.24) is 0 Å². The van der Waals surface area contributed by atoms with E-state index in [2.05, 4.69) is 15.9 Å². The predicted octanol–water partition coefficient (Wildman–Crippen LogP) is 5.19. The molecule has 0 amide bonds. The fourth-order valence-corrected chi connectivity index (χ4v) is 2.30. The molecule has 106 valence electrons. The zero-order valence-corrected chi connectivity index (χ0v) is 12.8. The van der Waals surface area contributed by atoms with Crippen LogP contribution in [0.4, 0.5) is 8.78 Å². The Hall–Kier alpha value is -1.17. The van der Waals surface area contributed by atoms with Crippen LogP contribution in [0.5, 0.6) is 11.5 Å². The van der Waals surface area contributed by atoms with E-state index in [1.807, 2.05) is 0 Å². The van der Waals surface area contributed by atoms with Gasteiger partial charge in [-0.2, -0.15) is 0 Å². The van der Waals surface area contributed by atoms with Gasteiger partial charge in [0.25, 0.3) is 0 Å². The smallest absolute Gasteiger partial charge is 0.166 e. The third kappa shape index (κ3) is 3.29. The van der Waals surface area contributed by atoms with Crippen LogP contribution in [0.15, 0.2) is 34.8 Å². The van der Waals surface area contributed by atoms with E-state index < -0.39 is 11.6 Å². The van der Waals surface area contributed by atoms with Gasteiger partial charge in [0.1, 0.15) is 11.6 Å². The third-order valence-electron chi connectivity index (χ3n) is 2.68. The van der Waals surface area contributed by atoms with Crippen LogP contribution in [0.1, 0.15) is 18.5 Å². The van der Waals surface area contributed by atoms with Crippen LogP contribution in [0.25, 0.3) is 0 Å². The Morgan fingerprint density at radius 2 is 1.85 bits per heavy atom. The van der Waals surface area contributed by atoms with Gasteiger partial charge in [0.2, 0.25) is 0 Å². The van der Waals surface area contributed by atoms with Crippen LogP contribution < -0.4 is 10.5 Å². The molecule has 0 aliphatic rings. The summed E-state index contributed by atoms with van der Waals surface area (Å²) in [6.45, 7) is 1.75. The Bertz CT molecular complexity index is 649. The summed E-state index contributed by atoms with van der Waals surface area (Å²) in [5.41, 5.74) is 6.32. The maximum Gasteiger partial charge on any atom is 0.166 e. The second-order valence-corrected chi connectivity index (χ2v) is 5.54. The quantitative estimate of drug-likeness (QED) is 0.762. The molecule has 0 bridgehead atoms. The molecule has 0 unspecified atom stereocenters. The van der Waals surface area contributed by atoms with E-state index in [-0.39, 0.29) is 22.6 Å². The van der Waals surface area contributed by atoms with Crippen molar-refractivity contribution in [3.63, 3.8) is 0 Å². The minimum Gasteiger partial charge on any atom is -0.453 e. The van der Waals surface area contributed by atoms with Crippen molar-refractivity contribution in [2.45, 2.75) is 13.0 Å². The molecule has 0 aliphatic heterocycles. The average Bonchev–Trinajstić information content (AvgIpc) is 2.37. The lowest BCUT2D eigenvalue weighted by atomic mass is 10.1. The zero-order chi connectivity index (χ0) is 14.9. The summed E-state index contributed by atoms with van der Waals surface area (Å²) in [6, 6.07) is 6.56. The second-order valence-electron chi connectivity index (χ2n) is 4.28. The highest BCUT2D eigenvalue weighted by Crippen LogP contribution is 2.35. The molecule has 2 N–H and O–H groups in total. The Balaban J connectivity index is 2.33. The fraction of sp³-hybridized carbons (Fsp3) is 0.143. The first-order valence-corrected chi connectivity index (χ1v) is 6.93. The molecule has 20 heavy (non-hydrogen) atoms. The van der Waals surface area contributed by atoms with Crippen molar-refractivity contribution in [3.05, 3.63) is 57.0 Å². The number of rotatable bonds is 3. The number of nitrogens with two attached hydrogens (primary N) is 1. The largest absolute Gasteiger partial charge is 0.453 e. The molecule has 0 saturated heterocycles. The summed E-state index contributed by atoms with van der Waals surface area (Å²) in [7, 11) is 0. The van der Waals surface area contributed by atoms with Gasteiger partial charge in [0.15, 0.2) is 11.6 Å². The molecule has 0 aliphatic carbocycles. The highest BCUT2D eigenvalue weighted by atomic mass is 79.9. The lowest BCUT2D eigenvalue weighted by Crippen LogP contribution is -2.05. The second kappa shape index (κ2) is 6.08. The minimum absolute atomic E-state index is 0.0168. The van der Waals surface area contributed by atoms with Gasteiger partial charge in [-0.1, -0.05) is 17.7 Å². The van der Waals surface area contributed by atoms with E-state index in [9.17, 15) is 8.78 Å². The first kappa shape index (κ1) is 15.2. The molecule has 0 radical (unpaired) electrons. The van der Waals surface area contributed by atoms with Crippen molar-refractivity contribution in [1.29, 1.82) is 0 Å².